The van der Waals surface area contributed by atoms with Crippen molar-refractivity contribution in [3.8, 4) is 0 Å². The van der Waals surface area contributed by atoms with Gasteiger partial charge in [0.05, 0.1) is 10.7 Å². The van der Waals surface area contributed by atoms with Gasteiger partial charge in [-0.25, -0.2) is 4.79 Å². The van der Waals surface area contributed by atoms with Crippen molar-refractivity contribution in [1.82, 2.24) is 14.7 Å². The number of nitrogens with zero attached hydrogens (tertiary/aromatic N) is 3. The lowest BCUT2D eigenvalue weighted by molar-refractivity contribution is 0.198. The molecule has 0 fully saturated rings. The molecule has 124 valence electrons. The molecule has 0 radical (unpaired) electrons. The number of rotatable bonds is 7. The Morgan fingerprint density at radius 2 is 1.55 bits per heavy atom. The average molecular weight is 347 g/mol. The summed E-state index contributed by atoms with van der Waals surface area (Å²) in [4.78, 5) is 18.3. The second kappa shape index (κ2) is 9.20. The summed E-state index contributed by atoms with van der Waals surface area (Å²) in [7, 11) is 7.93. The summed E-state index contributed by atoms with van der Waals surface area (Å²) < 4.78 is 0. The number of hydrogen-bond acceptors (Lipinski definition) is 3. The number of halogens is 2. The molecule has 1 aromatic carbocycles. The zero-order valence-electron chi connectivity index (χ0n) is 13.6. The summed E-state index contributed by atoms with van der Waals surface area (Å²) in [5.74, 6) is 0. The van der Waals surface area contributed by atoms with Crippen molar-refractivity contribution in [2.24, 2.45) is 0 Å². The number of nitrogens with one attached hydrogen (secondary N) is 1. The summed E-state index contributed by atoms with van der Waals surface area (Å²) >= 11 is 12.0. The van der Waals surface area contributed by atoms with Crippen LogP contribution in [0.25, 0.3) is 0 Å². The first-order chi connectivity index (χ1) is 10.3. The summed E-state index contributed by atoms with van der Waals surface area (Å²) in [6.07, 6.45) is 0. The Labute approximate surface area is 142 Å². The van der Waals surface area contributed by atoms with Gasteiger partial charge in [-0.15, -0.1) is 0 Å². The predicted molar refractivity (Wildman–Crippen MR) is 94.2 cm³/mol. The number of amides is 2. The molecule has 5 nitrogen and oxygen atoms in total. The van der Waals surface area contributed by atoms with Gasteiger partial charge in [0.15, 0.2) is 0 Å². The molecule has 7 heteroatoms. The Morgan fingerprint density at radius 3 is 2.05 bits per heavy atom. The highest BCUT2D eigenvalue weighted by Gasteiger charge is 2.15. The van der Waals surface area contributed by atoms with Crippen LogP contribution in [0.5, 0.6) is 0 Å². The number of benzene rings is 1. The fourth-order valence-electron chi connectivity index (χ4n) is 1.74. The second-order valence-electron chi connectivity index (χ2n) is 5.65. The maximum absolute atomic E-state index is 12.5. The van der Waals surface area contributed by atoms with Crippen molar-refractivity contribution in [2.45, 2.75) is 0 Å². The third-order valence-electron chi connectivity index (χ3n) is 3.09. The number of anilines is 1. The van der Waals surface area contributed by atoms with Gasteiger partial charge >= 0.3 is 6.03 Å². The molecule has 0 unspecified atom stereocenters. The molecular weight excluding hydrogens is 323 g/mol. The Hall–Kier alpha value is -1.01. The fraction of sp³-hybridized carbons (Fsp3) is 0.533. The Balaban J connectivity index is 2.74. The van der Waals surface area contributed by atoms with Gasteiger partial charge in [0.1, 0.15) is 0 Å². The highest BCUT2D eigenvalue weighted by atomic mass is 35.5. The van der Waals surface area contributed by atoms with Crippen LogP contribution in [0.15, 0.2) is 18.2 Å². The van der Waals surface area contributed by atoms with E-state index in [0.717, 1.165) is 13.1 Å². The molecule has 0 aliphatic rings. The van der Waals surface area contributed by atoms with Gasteiger partial charge < -0.3 is 20.0 Å². The van der Waals surface area contributed by atoms with Gasteiger partial charge in [-0.05, 0) is 46.4 Å². The molecule has 0 aromatic heterocycles. The van der Waals surface area contributed by atoms with Crippen LogP contribution in [0.4, 0.5) is 10.5 Å². The number of hydrogen-bond donors (Lipinski definition) is 1. The first-order valence-electron chi connectivity index (χ1n) is 7.10. The minimum absolute atomic E-state index is 0.173. The minimum Gasteiger partial charge on any atom is -0.322 e. The van der Waals surface area contributed by atoms with E-state index in [9.17, 15) is 4.79 Å². The van der Waals surface area contributed by atoms with E-state index in [0.29, 0.717) is 28.8 Å². The van der Waals surface area contributed by atoms with Crippen LogP contribution in [-0.4, -0.2) is 75.1 Å². The SMILES string of the molecule is CN(C)CCN(CCN(C)C)C(=O)Nc1cc(Cl)ccc1Cl. The van der Waals surface area contributed by atoms with Crippen molar-refractivity contribution in [1.29, 1.82) is 0 Å². The van der Waals surface area contributed by atoms with Crippen LogP contribution in [0.2, 0.25) is 10.0 Å². The summed E-state index contributed by atoms with van der Waals surface area (Å²) in [5, 5.41) is 3.84. The molecule has 0 heterocycles. The monoisotopic (exact) mass is 346 g/mol. The van der Waals surface area contributed by atoms with Crippen LogP contribution < -0.4 is 5.32 Å². The normalized spacial score (nSPS) is 11.1. The Morgan fingerprint density at radius 1 is 1.00 bits per heavy atom. The van der Waals surface area contributed by atoms with Gasteiger partial charge in [0, 0.05) is 31.2 Å². The van der Waals surface area contributed by atoms with E-state index in [-0.39, 0.29) is 6.03 Å². The number of carbonyl (C=O) groups is 1. The molecule has 0 saturated carbocycles. The zero-order chi connectivity index (χ0) is 16.7. The molecule has 0 atom stereocenters. The number of likely N-dealkylation sites (N-methyl/N-ethyl adjacent to an activating group) is 2. The second-order valence-corrected chi connectivity index (χ2v) is 6.49. The number of carbonyl (C=O) groups excluding carboxylic acids is 1. The Kier molecular flexibility index (Phi) is 7.96. The minimum atomic E-state index is -0.173. The lowest BCUT2D eigenvalue weighted by Crippen LogP contribution is -2.42. The highest BCUT2D eigenvalue weighted by Crippen LogP contribution is 2.25. The van der Waals surface area contributed by atoms with E-state index in [1.807, 2.05) is 38.0 Å². The van der Waals surface area contributed by atoms with Gasteiger partial charge in [0.2, 0.25) is 0 Å². The molecule has 0 aliphatic heterocycles. The highest BCUT2D eigenvalue weighted by molar-refractivity contribution is 6.35. The van der Waals surface area contributed by atoms with Crippen molar-refractivity contribution < 1.29 is 4.79 Å². The van der Waals surface area contributed by atoms with E-state index in [1.165, 1.54) is 0 Å². The van der Waals surface area contributed by atoms with Gasteiger partial charge in [0.25, 0.3) is 0 Å². The standard InChI is InChI=1S/C15H24Cl2N4O/c1-19(2)7-9-21(10-8-20(3)4)15(22)18-14-11-12(16)5-6-13(14)17/h5-6,11H,7-10H2,1-4H3,(H,18,22). The summed E-state index contributed by atoms with van der Waals surface area (Å²) in [5.41, 5.74) is 0.527. The van der Waals surface area contributed by atoms with Crippen LogP contribution in [0, 0.1) is 0 Å². The van der Waals surface area contributed by atoms with E-state index in [2.05, 4.69) is 5.32 Å². The van der Waals surface area contributed by atoms with Crippen LogP contribution in [-0.2, 0) is 0 Å². The average Bonchev–Trinajstić information content (AvgIpc) is 2.42. The molecule has 0 spiro atoms. The molecule has 1 aromatic rings. The number of urea groups is 1. The third kappa shape index (κ3) is 6.83. The lowest BCUT2D eigenvalue weighted by Gasteiger charge is -2.26. The molecule has 2 amide bonds. The van der Waals surface area contributed by atoms with Gasteiger partial charge in [-0.1, -0.05) is 23.2 Å². The van der Waals surface area contributed by atoms with Crippen molar-refractivity contribution in [2.75, 3.05) is 59.7 Å². The van der Waals surface area contributed by atoms with Crippen molar-refractivity contribution >= 4 is 34.9 Å². The van der Waals surface area contributed by atoms with Crippen LogP contribution >= 0.6 is 23.2 Å². The quantitative estimate of drug-likeness (QED) is 0.824. The Bertz CT molecular complexity index is 482. The van der Waals surface area contributed by atoms with E-state index < -0.39 is 0 Å². The van der Waals surface area contributed by atoms with Crippen LogP contribution in [0.3, 0.4) is 0 Å². The molecule has 22 heavy (non-hydrogen) atoms. The van der Waals surface area contributed by atoms with Gasteiger partial charge in [-0.2, -0.15) is 0 Å². The van der Waals surface area contributed by atoms with Crippen molar-refractivity contribution in [3.05, 3.63) is 28.2 Å². The zero-order valence-corrected chi connectivity index (χ0v) is 15.1. The smallest absolute Gasteiger partial charge is 0.321 e. The molecule has 0 bridgehead atoms. The molecular formula is C15H24Cl2N4O. The fourth-order valence-corrected chi connectivity index (χ4v) is 2.08. The first-order valence-corrected chi connectivity index (χ1v) is 7.85. The van der Waals surface area contributed by atoms with Crippen LogP contribution in [0.1, 0.15) is 0 Å². The largest absolute Gasteiger partial charge is 0.322 e. The maximum atomic E-state index is 12.5. The van der Waals surface area contributed by atoms with Crippen molar-refractivity contribution in [3.63, 3.8) is 0 Å². The first kappa shape index (κ1) is 19.0. The molecule has 0 aliphatic carbocycles. The van der Waals surface area contributed by atoms with E-state index in [1.54, 1.807) is 23.1 Å². The third-order valence-corrected chi connectivity index (χ3v) is 3.66. The van der Waals surface area contributed by atoms with E-state index >= 15 is 0 Å². The molecule has 1 N–H and O–H groups in total. The topological polar surface area (TPSA) is 38.8 Å². The molecule has 0 saturated heterocycles. The maximum Gasteiger partial charge on any atom is 0.321 e. The molecule has 1 rings (SSSR count). The predicted octanol–water partition coefficient (Wildman–Crippen LogP) is 2.95. The van der Waals surface area contributed by atoms with E-state index in [4.69, 9.17) is 23.2 Å². The lowest BCUT2D eigenvalue weighted by atomic mass is 10.3. The van der Waals surface area contributed by atoms with Gasteiger partial charge in [-0.3, -0.25) is 0 Å². The summed E-state index contributed by atoms with van der Waals surface area (Å²) in [6.45, 7) is 2.88. The summed E-state index contributed by atoms with van der Waals surface area (Å²) in [6, 6.07) is 4.84.